The van der Waals surface area contributed by atoms with Crippen molar-refractivity contribution in [1.82, 2.24) is 5.32 Å². The maximum atomic E-state index is 12.5. The second-order valence-electron chi connectivity index (χ2n) is 5.07. The Morgan fingerprint density at radius 1 is 1.30 bits per heavy atom. The highest BCUT2D eigenvalue weighted by Crippen LogP contribution is 2.31. The molecule has 0 aromatic heterocycles. The van der Waals surface area contributed by atoms with Crippen LogP contribution >= 0.6 is 0 Å². The van der Waals surface area contributed by atoms with E-state index in [-0.39, 0.29) is 6.42 Å². The molecule has 5 nitrogen and oxygen atoms in total. The van der Waals surface area contributed by atoms with E-state index in [2.05, 4.69) is 5.32 Å². The third kappa shape index (κ3) is 7.34. The van der Waals surface area contributed by atoms with Gasteiger partial charge in [0.05, 0.1) is 5.56 Å². The molecule has 1 saturated heterocycles. The third-order valence-electron chi connectivity index (χ3n) is 3.25. The minimum Gasteiger partial charge on any atom is -0.481 e. The number of carboxylic acid groups (broad SMARTS) is 1. The Hall–Kier alpha value is -1.80. The lowest BCUT2D eigenvalue weighted by Crippen LogP contribution is -2.43. The van der Waals surface area contributed by atoms with Crippen LogP contribution < -0.4 is 16.0 Å². The molecule has 0 atom stereocenters. The number of hydrogen-bond acceptors (Lipinski definition) is 4. The first-order chi connectivity index (χ1) is 10.8. The van der Waals surface area contributed by atoms with E-state index >= 15 is 0 Å². The van der Waals surface area contributed by atoms with Crippen molar-refractivity contribution in [2.45, 2.75) is 19.0 Å². The topological polar surface area (TPSA) is 78.6 Å². The summed E-state index contributed by atoms with van der Waals surface area (Å²) in [7, 11) is 0. The largest absolute Gasteiger partial charge is 0.481 e. The summed E-state index contributed by atoms with van der Waals surface area (Å²) >= 11 is 0. The smallest absolute Gasteiger partial charge is 0.416 e. The number of alkyl halides is 3. The van der Waals surface area contributed by atoms with Crippen molar-refractivity contribution in [2.75, 3.05) is 37.6 Å². The average Bonchev–Trinajstić information content (AvgIpc) is 2.54. The van der Waals surface area contributed by atoms with Gasteiger partial charge in [0.1, 0.15) is 0 Å². The molecule has 8 heteroatoms. The van der Waals surface area contributed by atoms with Crippen molar-refractivity contribution in [1.29, 1.82) is 0 Å². The highest BCUT2D eigenvalue weighted by molar-refractivity contribution is 5.66. The van der Waals surface area contributed by atoms with Gasteiger partial charge in [-0.3, -0.25) is 4.79 Å². The highest BCUT2D eigenvalue weighted by atomic mass is 19.4. The normalized spacial score (nSPS) is 14.9. The number of rotatable bonds is 4. The predicted octanol–water partition coefficient (Wildman–Crippen LogP) is 1.92. The molecule has 0 bridgehead atoms. The fourth-order valence-corrected chi connectivity index (χ4v) is 2.06. The lowest BCUT2D eigenvalue weighted by atomic mass is 10.1. The Morgan fingerprint density at radius 3 is 2.43 bits per heavy atom. The number of aliphatic carboxylic acids is 1. The van der Waals surface area contributed by atoms with Crippen molar-refractivity contribution < 1.29 is 23.1 Å². The van der Waals surface area contributed by atoms with Crippen molar-refractivity contribution in [3.05, 3.63) is 29.8 Å². The van der Waals surface area contributed by atoms with Crippen molar-refractivity contribution >= 4 is 11.7 Å². The first-order valence-corrected chi connectivity index (χ1v) is 7.39. The molecule has 23 heavy (non-hydrogen) atoms. The first-order valence-electron chi connectivity index (χ1n) is 7.39. The van der Waals surface area contributed by atoms with E-state index in [4.69, 9.17) is 10.8 Å². The summed E-state index contributed by atoms with van der Waals surface area (Å²) in [6, 6.07) is 5.50. The molecule has 1 aliphatic heterocycles. The summed E-state index contributed by atoms with van der Waals surface area (Å²) in [5.41, 5.74) is 5.08. The molecule has 0 unspecified atom stereocenters. The fraction of sp³-hybridized carbons (Fsp3) is 0.533. The Balaban J connectivity index is 0.000000322. The number of carbonyl (C=O) groups is 1. The van der Waals surface area contributed by atoms with E-state index in [0.29, 0.717) is 18.7 Å². The molecule has 4 N–H and O–H groups in total. The number of benzene rings is 1. The Labute approximate surface area is 133 Å². The molecule has 0 saturated carbocycles. The molecule has 1 aromatic rings. The maximum Gasteiger partial charge on any atom is 0.416 e. The molecular formula is C15H22F3N3O2. The van der Waals surface area contributed by atoms with E-state index in [9.17, 15) is 18.0 Å². The molecular weight excluding hydrogens is 311 g/mol. The molecule has 0 spiro atoms. The minimum absolute atomic E-state index is 0.191. The average molecular weight is 333 g/mol. The monoisotopic (exact) mass is 333 g/mol. The molecule has 1 fully saturated rings. The van der Waals surface area contributed by atoms with Crippen LogP contribution in [0.5, 0.6) is 0 Å². The van der Waals surface area contributed by atoms with Gasteiger partial charge in [0, 0.05) is 38.3 Å². The van der Waals surface area contributed by atoms with Crippen LogP contribution in [0.15, 0.2) is 24.3 Å². The molecule has 2 rings (SSSR count). The molecule has 130 valence electrons. The lowest BCUT2D eigenvalue weighted by Gasteiger charge is -2.29. The number of anilines is 1. The van der Waals surface area contributed by atoms with Crippen molar-refractivity contribution in [2.24, 2.45) is 5.73 Å². The van der Waals surface area contributed by atoms with E-state index in [1.807, 2.05) is 4.90 Å². The van der Waals surface area contributed by atoms with Crippen LogP contribution in [-0.4, -0.2) is 43.8 Å². The summed E-state index contributed by atoms with van der Waals surface area (Å²) in [6.07, 6.45) is -3.49. The molecule has 1 aromatic carbocycles. The van der Waals surface area contributed by atoms with Gasteiger partial charge in [-0.25, -0.2) is 0 Å². The van der Waals surface area contributed by atoms with Gasteiger partial charge in [-0.15, -0.1) is 0 Å². The van der Waals surface area contributed by atoms with E-state index in [1.54, 1.807) is 6.07 Å². The van der Waals surface area contributed by atoms with Crippen LogP contribution in [0.25, 0.3) is 0 Å². The fourth-order valence-electron chi connectivity index (χ4n) is 2.06. The van der Waals surface area contributed by atoms with E-state index in [0.717, 1.165) is 32.2 Å². The number of carboxylic acids is 1. The third-order valence-corrected chi connectivity index (χ3v) is 3.25. The summed E-state index contributed by atoms with van der Waals surface area (Å²) in [5.74, 6) is -0.773. The van der Waals surface area contributed by atoms with Crippen molar-refractivity contribution in [3.8, 4) is 0 Å². The van der Waals surface area contributed by atoms with Gasteiger partial charge in [0.25, 0.3) is 0 Å². The zero-order valence-electron chi connectivity index (χ0n) is 12.8. The maximum absolute atomic E-state index is 12.5. The van der Waals surface area contributed by atoms with Gasteiger partial charge >= 0.3 is 12.1 Å². The zero-order valence-corrected chi connectivity index (χ0v) is 12.8. The van der Waals surface area contributed by atoms with Crippen LogP contribution in [0.2, 0.25) is 0 Å². The number of halogens is 3. The number of nitrogens with two attached hydrogens (primary N) is 1. The Morgan fingerprint density at radius 2 is 1.96 bits per heavy atom. The summed E-state index contributed by atoms with van der Waals surface area (Å²) in [6.45, 7) is 3.60. The summed E-state index contributed by atoms with van der Waals surface area (Å²) in [4.78, 5) is 11.7. The zero-order chi connectivity index (χ0) is 17.3. The number of nitrogens with one attached hydrogen (secondary N) is 1. The Bertz CT molecular complexity index is 489. The molecule has 1 heterocycles. The van der Waals surface area contributed by atoms with Crippen molar-refractivity contribution in [3.63, 3.8) is 0 Å². The predicted molar refractivity (Wildman–Crippen MR) is 82.5 cm³/mol. The van der Waals surface area contributed by atoms with Gasteiger partial charge in [-0.1, -0.05) is 6.07 Å². The first kappa shape index (κ1) is 19.2. The SMILES string of the molecule is FC(F)(F)c1cccc(N2CCNCC2)c1.NCCCC(=O)O. The Kier molecular flexibility index (Phi) is 7.84. The van der Waals surface area contributed by atoms with Gasteiger partial charge in [0.2, 0.25) is 0 Å². The van der Waals surface area contributed by atoms with Crippen LogP contribution in [0.1, 0.15) is 18.4 Å². The second-order valence-corrected chi connectivity index (χ2v) is 5.07. The molecule has 0 amide bonds. The van der Waals surface area contributed by atoms with Crippen LogP contribution in [0, 0.1) is 0 Å². The van der Waals surface area contributed by atoms with Crippen LogP contribution in [0.4, 0.5) is 18.9 Å². The molecule has 0 radical (unpaired) electrons. The number of nitrogens with zero attached hydrogens (tertiary/aromatic N) is 1. The minimum atomic E-state index is -4.26. The lowest BCUT2D eigenvalue weighted by molar-refractivity contribution is -0.138. The summed E-state index contributed by atoms with van der Waals surface area (Å²) < 4.78 is 37.5. The number of piperazine rings is 1. The van der Waals surface area contributed by atoms with Crippen LogP contribution in [0.3, 0.4) is 0 Å². The summed E-state index contributed by atoms with van der Waals surface area (Å²) in [5, 5.41) is 11.2. The number of hydrogen-bond donors (Lipinski definition) is 3. The van der Waals surface area contributed by atoms with Gasteiger partial charge in [0.15, 0.2) is 0 Å². The highest BCUT2D eigenvalue weighted by Gasteiger charge is 2.30. The second kappa shape index (κ2) is 9.36. The van der Waals surface area contributed by atoms with E-state index < -0.39 is 17.7 Å². The van der Waals surface area contributed by atoms with E-state index in [1.165, 1.54) is 12.1 Å². The standard InChI is InChI=1S/C11H13F3N2.C4H9NO2/c12-11(13,14)9-2-1-3-10(8-9)16-6-4-15-5-7-16;5-3-1-2-4(6)7/h1-3,8,15H,4-7H2;1-3,5H2,(H,6,7). The quantitative estimate of drug-likeness (QED) is 0.785. The molecule has 1 aliphatic rings. The van der Waals surface area contributed by atoms with Gasteiger partial charge < -0.3 is 21.1 Å². The van der Waals surface area contributed by atoms with Gasteiger partial charge in [-0.2, -0.15) is 13.2 Å². The van der Waals surface area contributed by atoms with Crippen LogP contribution in [-0.2, 0) is 11.0 Å². The van der Waals surface area contributed by atoms with Gasteiger partial charge in [-0.05, 0) is 31.2 Å². The molecule has 0 aliphatic carbocycles.